The van der Waals surface area contributed by atoms with Crippen molar-refractivity contribution in [2.45, 2.75) is 26.9 Å². The molecule has 0 atom stereocenters. The van der Waals surface area contributed by atoms with E-state index in [1.54, 1.807) is 24.3 Å². The van der Waals surface area contributed by atoms with Crippen molar-refractivity contribution in [1.29, 1.82) is 0 Å². The predicted molar refractivity (Wildman–Crippen MR) is 103 cm³/mol. The lowest BCUT2D eigenvalue weighted by atomic mass is 10.2. The molecule has 8 heteroatoms. The summed E-state index contributed by atoms with van der Waals surface area (Å²) in [5.41, 5.74) is 3.18. The van der Waals surface area contributed by atoms with Gasteiger partial charge in [-0.05, 0) is 49.7 Å². The standard InChI is InChI=1S/C21H19FN4O3/c1-13-9-17(20-24-25-21(29-20)18-7-4-8-28-18)14(2)26(13)12-19(27)23-11-15-5-3-6-16(22)10-15/h3-10H,11-12H2,1-2H3,(H,23,27). The van der Waals surface area contributed by atoms with Crippen molar-refractivity contribution in [2.24, 2.45) is 0 Å². The van der Waals surface area contributed by atoms with E-state index in [0.717, 1.165) is 17.0 Å². The first kappa shape index (κ1) is 18.7. The molecule has 0 aliphatic heterocycles. The van der Waals surface area contributed by atoms with Gasteiger partial charge in [0, 0.05) is 17.9 Å². The molecule has 29 heavy (non-hydrogen) atoms. The molecule has 0 aliphatic rings. The van der Waals surface area contributed by atoms with Gasteiger partial charge in [-0.15, -0.1) is 10.2 Å². The zero-order chi connectivity index (χ0) is 20.4. The Morgan fingerprint density at radius 2 is 1.97 bits per heavy atom. The molecule has 4 aromatic rings. The molecular weight excluding hydrogens is 375 g/mol. The first-order valence-electron chi connectivity index (χ1n) is 9.07. The molecule has 3 heterocycles. The molecule has 0 fully saturated rings. The Labute approximate surface area is 166 Å². The molecule has 1 N–H and O–H groups in total. The van der Waals surface area contributed by atoms with Crippen LogP contribution in [0.25, 0.3) is 23.1 Å². The molecule has 1 amide bonds. The molecule has 0 radical (unpaired) electrons. The van der Waals surface area contributed by atoms with Crippen LogP contribution in [0.1, 0.15) is 17.0 Å². The number of amides is 1. The predicted octanol–water partition coefficient (Wildman–Crippen LogP) is 3.87. The molecule has 4 rings (SSSR count). The summed E-state index contributed by atoms with van der Waals surface area (Å²) in [6.45, 7) is 4.18. The second-order valence-electron chi connectivity index (χ2n) is 6.67. The molecule has 7 nitrogen and oxygen atoms in total. The van der Waals surface area contributed by atoms with Crippen LogP contribution in [0.2, 0.25) is 0 Å². The summed E-state index contributed by atoms with van der Waals surface area (Å²) in [6.07, 6.45) is 1.54. The van der Waals surface area contributed by atoms with Gasteiger partial charge in [0.1, 0.15) is 12.4 Å². The lowest BCUT2D eigenvalue weighted by molar-refractivity contribution is -0.121. The van der Waals surface area contributed by atoms with E-state index < -0.39 is 0 Å². The van der Waals surface area contributed by atoms with Crippen molar-refractivity contribution >= 4 is 5.91 Å². The maximum absolute atomic E-state index is 13.3. The van der Waals surface area contributed by atoms with Crippen molar-refractivity contribution in [3.05, 3.63) is 71.5 Å². The second-order valence-corrected chi connectivity index (χ2v) is 6.67. The van der Waals surface area contributed by atoms with Gasteiger partial charge < -0.3 is 18.7 Å². The Morgan fingerprint density at radius 1 is 1.14 bits per heavy atom. The maximum Gasteiger partial charge on any atom is 0.283 e. The van der Waals surface area contributed by atoms with Crippen LogP contribution in [0.15, 0.2) is 57.6 Å². The van der Waals surface area contributed by atoms with Crippen molar-refractivity contribution in [2.75, 3.05) is 0 Å². The average molecular weight is 394 g/mol. The van der Waals surface area contributed by atoms with E-state index in [-0.39, 0.29) is 24.8 Å². The summed E-state index contributed by atoms with van der Waals surface area (Å²) in [5, 5.41) is 10.9. The van der Waals surface area contributed by atoms with Crippen LogP contribution in [0.4, 0.5) is 4.39 Å². The molecule has 0 aliphatic carbocycles. The van der Waals surface area contributed by atoms with Crippen molar-refractivity contribution in [1.82, 2.24) is 20.1 Å². The van der Waals surface area contributed by atoms with Crippen LogP contribution >= 0.6 is 0 Å². The minimum Gasteiger partial charge on any atom is -0.459 e. The molecule has 3 aromatic heterocycles. The van der Waals surface area contributed by atoms with Gasteiger partial charge in [-0.3, -0.25) is 4.79 Å². The fourth-order valence-electron chi connectivity index (χ4n) is 3.14. The lowest BCUT2D eigenvalue weighted by Crippen LogP contribution is -2.27. The Kier molecular flexibility index (Phi) is 4.99. The molecule has 1 aromatic carbocycles. The number of aryl methyl sites for hydroxylation is 1. The largest absolute Gasteiger partial charge is 0.459 e. The number of carbonyl (C=O) groups excluding carboxylic acids is 1. The summed E-state index contributed by atoms with van der Waals surface area (Å²) in [6, 6.07) is 11.5. The highest BCUT2D eigenvalue weighted by molar-refractivity contribution is 5.76. The third-order valence-electron chi connectivity index (χ3n) is 4.64. The number of hydrogen-bond acceptors (Lipinski definition) is 5. The fourth-order valence-corrected chi connectivity index (χ4v) is 3.14. The third-order valence-corrected chi connectivity index (χ3v) is 4.64. The van der Waals surface area contributed by atoms with E-state index in [1.807, 2.05) is 24.5 Å². The van der Waals surface area contributed by atoms with Crippen LogP contribution in [0, 0.1) is 19.7 Å². The Bertz CT molecular complexity index is 1140. The van der Waals surface area contributed by atoms with Gasteiger partial charge in [-0.1, -0.05) is 12.1 Å². The highest BCUT2D eigenvalue weighted by atomic mass is 19.1. The Hall–Kier alpha value is -3.68. The quantitative estimate of drug-likeness (QED) is 0.537. The van der Waals surface area contributed by atoms with Gasteiger partial charge in [0.25, 0.3) is 5.89 Å². The summed E-state index contributed by atoms with van der Waals surface area (Å²) >= 11 is 0. The number of hydrogen-bond donors (Lipinski definition) is 1. The van der Waals surface area contributed by atoms with Gasteiger partial charge in [0.15, 0.2) is 5.76 Å². The molecule has 0 spiro atoms. The van der Waals surface area contributed by atoms with E-state index in [2.05, 4.69) is 15.5 Å². The topological polar surface area (TPSA) is 86.1 Å². The van der Waals surface area contributed by atoms with Gasteiger partial charge in [-0.25, -0.2) is 4.39 Å². The van der Waals surface area contributed by atoms with E-state index in [9.17, 15) is 9.18 Å². The van der Waals surface area contributed by atoms with Crippen LogP contribution in [0.3, 0.4) is 0 Å². The summed E-state index contributed by atoms with van der Waals surface area (Å²) in [4.78, 5) is 12.4. The molecule has 0 saturated heterocycles. The zero-order valence-corrected chi connectivity index (χ0v) is 16.0. The third kappa shape index (κ3) is 3.96. The van der Waals surface area contributed by atoms with E-state index >= 15 is 0 Å². The highest BCUT2D eigenvalue weighted by Gasteiger charge is 2.19. The summed E-state index contributed by atoms with van der Waals surface area (Å²) in [7, 11) is 0. The van der Waals surface area contributed by atoms with E-state index in [1.165, 1.54) is 18.4 Å². The van der Waals surface area contributed by atoms with Crippen LogP contribution in [0.5, 0.6) is 0 Å². The first-order valence-corrected chi connectivity index (χ1v) is 9.07. The average Bonchev–Trinajstić information content (AvgIpc) is 3.43. The SMILES string of the molecule is Cc1cc(-c2nnc(-c3ccco3)o2)c(C)n1CC(=O)NCc1cccc(F)c1. The first-order chi connectivity index (χ1) is 14.0. The van der Waals surface area contributed by atoms with Crippen molar-refractivity contribution in [3.63, 3.8) is 0 Å². The number of nitrogens with one attached hydrogen (secondary N) is 1. The van der Waals surface area contributed by atoms with Gasteiger partial charge in [0.2, 0.25) is 11.8 Å². The number of halogens is 1. The second kappa shape index (κ2) is 7.75. The summed E-state index contributed by atoms with van der Waals surface area (Å²) < 4.78 is 26.1. The smallest absolute Gasteiger partial charge is 0.283 e. The maximum atomic E-state index is 13.3. The van der Waals surface area contributed by atoms with Crippen molar-refractivity contribution in [3.8, 4) is 23.1 Å². The fraction of sp³-hybridized carbons (Fsp3) is 0.190. The normalized spacial score (nSPS) is 11.0. The number of carbonyl (C=O) groups is 1. The monoisotopic (exact) mass is 394 g/mol. The minimum absolute atomic E-state index is 0.131. The van der Waals surface area contributed by atoms with Crippen LogP contribution in [-0.4, -0.2) is 20.7 Å². The molecular formula is C21H19FN4O3. The molecule has 0 unspecified atom stereocenters. The van der Waals surface area contributed by atoms with Gasteiger partial charge in [0.05, 0.1) is 11.8 Å². The van der Waals surface area contributed by atoms with Gasteiger partial charge in [-0.2, -0.15) is 0 Å². The van der Waals surface area contributed by atoms with E-state index in [4.69, 9.17) is 8.83 Å². The Morgan fingerprint density at radius 3 is 2.72 bits per heavy atom. The minimum atomic E-state index is -0.327. The number of aromatic nitrogens is 3. The lowest BCUT2D eigenvalue weighted by Gasteiger charge is -2.10. The van der Waals surface area contributed by atoms with Crippen molar-refractivity contribution < 1.29 is 18.0 Å². The highest BCUT2D eigenvalue weighted by Crippen LogP contribution is 2.28. The molecule has 0 bridgehead atoms. The summed E-state index contributed by atoms with van der Waals surface area (Å²) in [5.74, 6) is 0.643. The zero-order valence-electron chi connectivity index (χ0n) is 16.0. The van der Waals surface area contributed by atoms with Crippen LogP contribution < -0.4 is 5.32 Å². The molecule has 148 valence electrons. The van der Waals surface area contributed by atoms with Crippen LogP contribution in [-0.2, 0) is 17.9 Å². The Balaban J connectivity index is 1.48. The number of nitrogens with zero attached hydrogens (tertiary/aromatic N) is 3. The number of rotatable bonds is 6. The number of furan rings is 1. The number of benzene rings is 1. The molecule has 0 saturated carbocycles. The van der Waals surface area contributed by atoms with E-state index in [0.29, 0.717) is 23.1 Å². The van der Waals surface area contributed by atoms with Gasteiger partial charge >= 0.3 is 0 Å².